The Morgan fingerprint density at radius 1 is 0.707 bits per heavy atom. The molecule has 1 radical (unpaired) electrons. The molecular formula is C34H21IrN5O-2. The molecule has 0 bridgehead atoms. The summed E-state index contributed by atoms with van der Waals surface area (Å²) in [5.41, 5.74) is 4.99. The van der Waals surface area contributed by atoms with Crippen molar-refractivity contribution in [3.05, 3.63) is 150 Å². The Morgan fingerprint density at radius 3 is 2.29 bits per heavy atom. The average Bonchev–Trinajstić information content (AvgIpc) is 3.36. The van der Waals surface area contributed by atoms with Crippen molar-refractivity contribution in [2.75, 3.05) is 0 Å². The summed E-state index contributed by atoms with van der Waals surface area (Å²) < 4.78 is 3.89. The van der Waals surface area contributed by atoms with Crippen LogP contribution >= 0.6 is 0 Å². The summed E-state index contributed by atoms with van der Waals surface area (Å²) in [6, 6.07) is 43.6. The molecule has 0 N–H and O–H groups in total. The largest absolute Gasteiger partial charge is 0.305 e. The minimum absolute atomic E-state index is 0. The smallest absolute Gasteiger partial charge is 0.227 e. The minimum atomic E-state index is -0.261. The monoisotopic (exact) mass is 708 g/mol. The van der Waals surface area contributed by atoms with Crippen molar-refractivity contribution in [2.45, 2.75) is 0 Å². The van der Waals surface area contributed by atoms with Crippen LogP contribution in [0.1, 0.15) is 0 Å². The molecule has 0 atom stereocenters. The molecule has 8 rings (SSSR count). The third kappa shape index (κ3) is 4.71. The summed E-state index contributed by atoms with van der Waals surface area (Å²) in [4.78, 5) is 26.4. The van der Waals surface area contributed by atoms with E-state index < -0.39 is 0 Å². The maximum absolute atomic E-state index is 13.1. The third-order valence-corrected chi connectivity index (χ3v) is 6.75. The first-order valence-corrected chi connectivity index (χ1v) is 12.8. The molecule has 4 aromatic carbocycles. The molecule has 41 heavy (non-hydrogen) atoms. The summed E-state index contributed by atoms with van der Waals surface area (Å²) in [5, 5.41) is 2.40. The number of hydrogen-bond acceptors (Lipinski definition) is 4. The molecule has 0 spiro atoms. The fraction of sp³-hybridized carbons (Fsp3) is 0. The van der Waals surface area contributed by atoms with Crippen LogP contribution in [0.5, 0.6) is 0 Å². The first-order chi connectivity index (χ1) is 19.8. The van der Waals surface area contributed by atoms with Crippen LogP contribution in [0, 0.1) is 12.1 Å². The molecule has 0 amide bonds. The molecule has 0 saturated heterocycles. The van der Waals surface area contributed by atoms with Crippen LogP contribution in [0.25, 0.3) is 55.6 Å². The predicted octanol–water partition coefficient (Wildman–Crippen LogP) is 6.69. The van der Waals surface area contributed by atoms with E-state index in [0.717, 1.165) is 38.9 Å². The zero-order valence-corrected chi connectivity index (χ0v) is 24.0. The third-order valence-electron chi connectivity index (χ3n) is 6.75. The Labute approximate surface area is 249 Å². The number of hydrogen-bond donors (Lipinski definition) is 0. The van der Waals surface area contributed by atoms with E-state index in [1.165, 1.54) is 0 Å². The van der Waals surface area contributed by atoms with Gasteiger partial charge in [0.2, 0.25) is 11.3 Å². The number of pyridine rings is 2. The van der Waals surface area contributed by atoms with Gasteiger partial charge >= 0.3 is 0 Å². The predicted molar refractivity (Wildman–Crippen MR) is 158 cm³/mol. The van der Waals surface area contributed by atoms with Gasteiger partial charge in [-0.05, 0) is 46.9 Å². The molecule has 0 fully saturated rings. The molecule has 0 saturated carbocycles. The van der Waals surface area contributed by atoms with Crippen molar-refractivity contribution < 1.29 is 20.1 Å². The summed E-state index contributed by atoms with van der Waals surface area (Å²) in [6.45, 7) is 0. The zero-order valence-electron chi connectivity index (χ0n) is 21.6. The average molecular weight is 708 g/mol. The fourth-order valence-corrected chi connectivity index (χ4v) is 4.99. The van der Waals surface area contributed by atoms with Crippen LogP contribution < -0.4 is 5.56 Å². The van der Waals surface area contributed by atoms with Gasteiger partial charge in [0.05, 0.1) is 5.52 Å². The van der Waals surface area contributed by atoms with Crippen LogP contribution in [0.4, 0.5) is 0 Å². The number of para-hydroxylation sites is 1. The summed E-state index contributed by atoms with van der Waals surface area (Å²) in [5.74, 6) is 0.531. The summed E-state index contributed by atoms with van der Waals surface area (Å²) in [7, 11) is 0. The van der Waals surface area contributed by atoms with Gasteiger partial charge in [0.25, 0.3) is 0 Å². The van der Waals surface area contributed by atoms with Gasteiger partial charge in [0.15, 0.2) is 5.65 Å². The molecule has 0 aliphatic heterocycles. The number of imidazole rings is 1. The zero-order chi connectivity index (χ0) is 26.9. The van der Waals surface area contributed by atoms with Crippen molar-refractivity contribution in [3.8, 4) is 16.9 Å². The van der Waals surface area contributed by atoms with Crippen LogP contribution in [0.15, 0.2) is 132 Å². The Kier molecular flexibility index (Phi) is 7.21. The van der Waals surface area contributed by atoms with E-state index in [1.54, 1.807) is 12.4 Å². The minimum Gasteiger partial charge on any atom is -0.305 e. The normalized spacial score (nSPS) is 10.8. The summed E-state index contributed by atoms with van der Waals surface area (Å²) >= 11 is 0. The van der Waals surface area contributed by atoms with E-state index in [9.17, 15) is 4.79 Å². The second-order valence-electron chi connectivity index (χ2n) is 9.16. The molecule has 8 aromatic rings. The number of fused-ring (bicyclic) bond motifs is 7. The number of rotatable bonds is 2. The molecule has 6 nitrogen and oxygen atoms in total. The van der Waals surface area contributed by atoms with Crippen molar-refractivity contribution in [1.82, 2.24) is 23.9 Å². The first kappa shape index (κ1) is 26.3. The number of nitrogens with zero attached hydrogens (tertiary/aromatic N) is 5. The Bertz CT molecular complexity index is 2140. The van der Waals surface area contributed by atoms with Gasteiger partial charge in [-0.2, -0.15) is 17.1 Å². The molecule has 4 aromatic heterocycles. The van der Waals surface area contributed by atoms with Crippen LogP contribution in [-0.4, -0.2) is 23.9 Å². The first-order valence-electron chi connectivity index (χ1n) is 12.8. The van der Waals surface area contributed by atoms with E-state index in [4.69, 9.17) is 0 Å². The van der Waals surface area contributed by atoms with Crippen molar-refractivity contribution >= 4 is 38.6 Å². The van der Waals surface area contributed by atoms with Crippen LogP contribution in [0.2, 0.25) is 0 Å². The molecule has 0 aliphatic rings. The molecule has 0 aliphatic carbocycles. The maximum Gasteiger partial charge on any atom is 0.227 e. The van der Waals surface area contributed by atoms with E-state index in [0.29, 0.717) is 16.7 Å². The molecule has 0 unspecified atom stereocenters. The standard InChI is InChI=1S/C23H13N4O.C11H8N.Ir/c28-22-20-17-10-5-4-7-15(17)12-13-18(20)27-21-19(11-6-14-24-21)26(23(27)25-22)16-8-2-1-3-9-16;1-2-6-10(7-3-1)11-8-4-5-9-12-11;/h1-12,14H;1-6,8-9H;/q2*-1;. The molecule has 4 heterocycles. The van der Waals surface area contributed by atoms with Gasteiger partial charge in [-0.1, -0.05) is 48.5 Å². The quantitative estimate of drug-likeness (QED) is 0.149. The summed E-state index contributed by atoms with van der Waals surface area (Å²) in [6.07, 6.45) is 3.54. The molecular weight excluding hydrogens is 687 g/mol. The van der Waals surface area contributed by atoms with Crippen molar-refractivity contribution in [3.63, 3.8) is 0 Å². The van der Waals surface area contributed by atoms with Gasteiger partial charge in [-0.3, -0.25) is 13.8 Å². The Hall–Kier alpha value is -4.97. The molecule has 199 valence electrons. The second kappa shape index (κ2) is 11.3. The van der Waals surface area contributed by atoms with E-state index >= 15 is 0 Å². The maximum atomic E-state index is 13.1. The fourth-order valence-electron chi connectivity index (χ4n) is 4.99. The van der Waals surface area contributed by atoms with E-state index in [2.05, 4.69) is 27.1 Å². The molecule has 7 heteroatoms. The number of aromatic nitrogens is 5. The van der Waals surface area contributed by atoms with Crippen LogP contribution in [-0.2, 0) is 20.1 Å². The van der Waals surface area contributed by atoms with Gasteiger partial charge < -0.3 is 4.98 Å². The Balaban J connectivity index is 0.000000196. The SMILES string of the molecule is O=c1nc2n(-c3ccccc3)c3cccnc3n2c2[c-]cc3ccccc3c12.[Ir].[c-]1ccccc1-c1ccccn1. The van der Waals surface area contributed by atoms with E-state index in [-0.39, 0.29) is 25.7 Å². The number of benzene rings is 4. The van der Waals surface area contributed by atoms with Crippen molar-refractivity contribution in [2.24, 2.45) is 0 Å². The van der Waals surface area contributed by atoms with Gasteiger partial charge in [0.1, 0.15) is 0 Å². The van der Waals surface area contributed by atoms with Crippen molar-refractivity contribution in [1.29, 1.82) is 0 Å². The van der Waals surface area contributed by atoms with Gasteiger partial charge in [-0.15, -0.1) is 52.7 Å². The second-order valence-corrected chi connectivity index (χ2v) is 9.16. The van der Waals surface area contributed by atoms with E-state index in [1.807, 2.05) is 124 Å². The van der Waals surface area contributed by atoms with Gasteiger partial charge in [-0.25, -0.2) is 4.98 Å². The van der Waals surface area contributed by atoms with Gasteiger partial charge in [0, 0.05) is 38.2 Å². The Morgan fingerprint density at radius 2 is 1.49 bits per heavy atom. The topological polar surface area (TPSA) is 65.1 Å². The van der Waals surface area contributed by atoms with Crippen LogP contribution in [0.3, 0.4) is 0 Å².